The number of carboxylic acid groups (broad SMARTS) is 1. The summed E-state index contributed by atoms with van der Waals surface area (Å²) in [7, 11) is 0. The number of aromatic amines is 1. The molecule has 2 rings (SSSR count). The molecule has 0 unspecified atom stereocenters. The van der Waals surface area contributed by atoms with E-state index >= 15 is 0 Å². The van der Waals surface area contributed by atoms with Crippen molar-refractivity contribution in [3.8, 4) is 0 Å². The highest BCUT2D eigenvalue weighted by Crippen LogP contribution is 2.19. The first-order valence-electron chi connectivity index (χ1n) is 4.14. The number of hydrogen-bond acceptors (Lipinski definition) is 1. The lowest BCUT2D eigenvalue weighted by Gasteiger charge is -1.94. The number of nitrogens with one attached hydrogen (secondary N) is 1. The summed E-state index contributed by atoms with van der Waals surface area (Å²) in [5, 5.41) is 9.24. The number of aromatic nitrogens is 1. The SMILES string of the molecule is Cl.O=C(O)Cc1c[nH]c2ccc(F)cc12. The van der Waals surface area contributed by atoms with E-state index in [1.165, 1.54) is 12.1 Å². The highest BCUT2D eigenvalue weighted by Gasteiger charge is 2.07. The van der Waals surface area contributed by atoms with Gasteiger partial charge in [-0.3, -0.25) is 4.79 Å². The van der Waals surface area contributed by atoms with Crippen LogP contribution in [0.25, 0.3) is 10.9 Å². The van der Waals surface area contributed by atoms with Crippen molar-refractivity contribution in [3.05, 3.63) is 35.8 Å². The molecule has 1 heterocycles. The minimum Gasteiger partial charge on any atom is -0.481 e. The molecule has 3 nitrogen and oxygen atoms in total. The third kappa shape index (κ3) is 2.27. The fraction of sp³-hybridized carbons (Fsp3) is 0.100. The van der Waals surface area contributed by atoms with Gasteiger partial charge in [0, 0.05) is 17.1 Å². The van der Waals surface area contributed by atoms with Gasteiger partial charge in [0.25, 0.3) is 0 Å². The maximum Gasteiger partial charge on any atom is 0.307 e. The first kappa shape index (κ1) is 11.5. The third-order valence-corrected chi connectivity index (χ3v) is 2.07. The van der Waals surface area contributed by atoms with Crippen LogP contribution in [0.2, 0.25) is 0 Å². The van der Waals surface area contributed by atoms with Gasteiger partial charge in [0.2, 0.25) is 0 Å². The number of fused-ring (bicyclic) bond motifs is 1. The molecule has 0 amide bonds. The summed E-state index contributed by atoms with van der Waals surface area (Å²) >= 11 is 0. The molecule has 0 spiro atoms. The highest BCUT2D eigenvalue weighted by atomic mass is 35.5. The number of halogens is 2. The molecule has 0 aliphatic carbocycles. The zero-order chi connectivity index (χ0) is 10.1. The molecule has 0 radical (unpaired) electrons. The first-order valence-corrected chi connectivity index (χ1v) is 4.14. The lowest BCUT2D eigenvalue weighted by atomic mass is 10.1. The average Bonchev–Trinajstić information content (AvgIpc) is 2.47. The lowest BCUT2D eigenvalue weighted by molar-refractivity contribution is -0.136. The van der Waals surface area contributed by atoms with Crippen molar-refractivity contribution in [2.24, 2.45) is 0 Å². The molecular formula is C10H9ClFNO2. The van der Waals surface area contributed by atoms with Crippen LogP contribution in [-0.4, -0.2) is 16.1 Å². The van der Waals surface area contributed by atoms with Crippen molar-refractivity contribution in [1.82, 2.24) is 4.98 Å². The van der Waals surface area contributed by atoms with Crippen LogP contribution in [0.4, 0.5) is 4.39 Å². The van der Waals surface area contributed by atoms with Crippen LogP contribution in [0.3, 0.4) is 0 Å². The Morgan fingerprint density at radius 1 is 1.47 bits per heavy atom. The fourth-order valence-electron chi connectivity index (χ4n) is 1.46. The second kappa shape index (κ2) is 4.31. The van der Waals surface area contributed by atoms with Gasteiger partial charge in [-0.2, -0.15) is 0 Å². The van der Waals surface area contributed by atoms with E-state index in [9.17, 15) is 9.18 Å². The highest BCUT2D eigenvalue weighted by molar-refractivity contribution is 5.86. The summed E-state index contributed by atoms with van der Waals surface area (Å²) in [6.07, 6.45) is 1.50. The third-order valence-electron chi connectivity index (χ3n) is 2.07. The normalized spacial score (nSPS) is 9.93. The van der Waals surface area contributed by atoms with Gasteiger partial charge < -0.3 is 10.1 Å². The van der Waals surface area contributed by atoms with E-state index in [1.54, 1.807) is 12.3 Å². The molecule has 0 fully saturated rings. The Kier molecular flexibility index (Phi) is 3.31. The zero-order valence-electron chi connectivity index (χ0n) is 7.66. The Morgan fingerprint density at radius 3 is 2.87 bits per heavy atom. The quantitative estimate of drug-likeness (QED) is 0.831. The second-order valence-corrected chi connectivity index (χ2v) is 3.07. The van der Waals surface area contributed by atoms with Crippen LogP contribution < -0.4 is 0 Å². The van der Waals surface area contributed by atoms with E-state index in [0.29, 0.717) is 10.9 Å². The van der Waals surface area contributed by atoms with Gasteiger partial charge in [-0.15, -0.1) is 12.4 Å². The molecule has 0 aliphatic heterocycles. The van der Waals surface area contributed by atoms with Crippen molar-refractivity contribution in [1.29, 1.82) is 0 Å². The van der Waals surface area contributed by atoms with E-state index in [1.807, 2.05) is 0 Å². The van der Waals surface area contributed by atoms with Crippen LogP contribution in [0.1, 0.15) is 5.56 Å². The van der Waals surface area contributed by atoms with Crippen LogP contribution in [0.15, 0.2) is 24.4 Å². The number of H-pyrrole nitrogens is 1. The Morgan fingerprint density at radius 2 is 2.20 bits per heavy atom. The molecule has 1 aromatic carbocycles. The monoisotopic (exact) mass is 229 g/mol. The predicted octanol–water partition coefficient (Wildman–Crippen LogP) is 2.36. The number of carboxylic acids is 1. The average molecular weight is 230 g/mol. The van der Waals surface area contributed by atoms with Gasteiger partial charge in [0.1, 0.15) is 5.82 Å². The number of benzene rings is 1. The first-order chi connectivity index (χ1) is 6.66. The smallest absolute Gasteiger partial charge is 0.307 e. The summed E-state index contributed by atoms with van der Waals surface area (Å²) in [4.78, 5) is 13.4. The number of hydrogen-bond donors (Lipinski definition) is 2. The fourth-order valence-corrected chi connectivity index (χ4v) is 1.46. The minimum absolute atomic E-state index is 0. The maximum absolute atomic E-state index is 12.9. The van der Waals surface area contributed by atoms with Crippen molar-refractivity contribution in [2.75, 3.05) is 0 Å². The molecule has 80 valence electrons. The second-order valence-electron chi connectivity index (χ2n) is 3.07. The topological polar surface area (TPSA) is 53.1 Å². The summed E-state index contributed by atoms with van der Waals surface area (Å²) in [6.45, 7) is 0. The van der Waals surface area contributed by atoms with Gasteiger partial charge in [0.05, 0.1) is 6.42 Å². The molecule has 1 aromatic heterocycles. The largest absolute Gasteiger partial charge is 0.481 e. The number of aliphatic carboxylic acids is 1. The molecule has 0 bridgehead atoms. The van der Waals surface area contributed by atoms with Gasteiger partial charge in [-0.25, -0.2) is 4.39 Å². The number of rotatable bonds is 2. The standard InChI is InChI=1S/C10H8FNO2.ClH/c11-7-1-2-9-8(4-7)6(5-12-9)3-10(13)14;/h1-2,4-5,12H,3H2,(H,13,14);1H. The Hall–Kier alpha value is -1.55. The molecule has 0 saturated carbocycles. The van der Waals surface area contributed by atoms with Crippen LogP contribution in [0.5, 0.6) is 0 Å². The van der Waals surface area contributed by atoms with E-state index in [-0.39, 0.29) is 24.6 Å². The molecule has 2 aromatic rings. The van der Waals surface area contributed by atoms with Crippen LogP contribution in [0, 0.1) is 5.82 Å². The van der Waals surface area contributed by atoms with Crippen molar-refractivity contribution < 1.29 is 14.3 Å². The summed E-state index contributed by atoms with van der Waals surface area (Å²) in [5.74, 6) is -1.28. The molecule has 0 atom stereocenters. The zero-order valence-corrected chi connectivity index (χ0v) is 8.47. The molecule has 15 heavy (non-hydrogen) atoms. The van der Waals surface area contributed by atoms with Crippen molar-refractivity contribution in [2.45, 2.75) is 6.42 Å². The molecule has 0 aliphatic rings. The van der Waals surface area contributed by atoms with Gasteiger partial charge in [-0.05, 0) is 23.8 Å². The molecule has 2 N–H and O–H groups in total. The van der Waals surface area contributed by atoms with Crippen molar-refractivity contribution >= 4 is 29.3 Å². The van der Waals surface area contributed by atoms with E-state index < -0.39 is 5.97 Å². The summed E-state index contributed by atoms with van der Waals surface area (Å²) in [5.41, 5.74) is 1.36. The lowest BCUT2D eigenvalue weighted by Crippen LogP contribution is -1.98. The van der Waals surface area contributed by atoms with Gasteiger partial charge in [0.15, 0.2) is 0 Å². The van der Waals surface area contributed by atoms with E-state index in [4.69, 9.17) is 5.11 Å². The number of carbonyl (C=O) groups is 1. The molecular weight excluding hydrogens is 221 g/mol. The van der Waals surface area contributed by atoms with E-state index in [0.717, 1.165) is 5.52 Å². The van der Waals surface area contributed by atoms with Gasteiger partial charge >= 0.3 is 5.97 Å². The Bertz CT molecular complexity index is 495. The van der Waals surface area contributed by atoms with Crippen LogP contribution in [-0.2, 0) is 11.2 Å². The van der Waals surface area contributed by atoms with Crippen molar-refractivity contribution in [3.63, 3.8) is 0 Å². The van der Waals surface area contributed by atoms with Crippen LogP contribution >= 0.6 is 12.4 Å². The Labute approximate surface area is 91.3 Å². The van der Waals surface area contributed by atoms with Gasteiger partial charge in [-0.1, -0.05) is 0 Å². The minimum atomic E-state index is -0.921. The Balaban J connectivity index is 0.00000112. The maximum atomic E-state index is 12.9. The molecule has 5 heteroatoms. The molecule has 0 saturated heterocycles. The van der Waals surface area contributed by atoms with E-state index in [2.05, 4.69) is 4.98 Å². The summed E-state index contributed by atoms with van der Waals surface area (Å²) in [6, 6.07) is 4.27. The summed E-state index contributed by atoms with van der Waals surface area (Å²) < 4.78 is 12.9. The predicted molar refractivity (Wildman–Crippen MR) is 56.8 cm³/mol.